The number of hydrazone groups is 1. The van der Waals surface area contributed by atoms with Crippen LogP contribution >= 0.6 is 11.6 Å². The second-order valence-corrected chi connectivity index (χ2v) is 18.8. The lowest BCUT2D eigenvalue weighted by Gasteiger charge is -2.38. The molecular weight excluding hydrogens is 922 g/mol. The van der Waals surface area contributed by atoms with Gasteiger partial charge in [0.05, 0.1) is 39.9 Å². The number of phenols is 1. The molecule has 0 spiro atoms. The monoisotopic (exact) mass is 974 g/mol. The van der Waals surface area contributed by atoms with E-state index in [9.17, 15) is 20.0 Å². The van der Waals surface area contributed by atoms with E-state index in [1.165, 1.54) is 63.0 Å². The Labute approximate surface area is 415 Å². The molecule has 5 aliphatic rings. The molecule has 4 aromatic carbocycles. The van der Waals surface area contributed by atoms with E-state index in [1.807, 2.05) is 43.3 Å². The summed E-state index contributed by atoms with van der Waals surface area (Å²) in [6.45, 7) is 10.2. The molecule has 362 valence electrons. The molecule has 11 rings (SSSR count). The smallest absolute Gasteiger partial charge is 0.184 e. The minimum Gasteiger partial charge on any atom is -0.508 e. The van der Waals surface area contributed by atoms with Gasteiger partial charge in [-0.15, -0.1) is 0 Å². The number of hydrogen-bond acceptors (Lipinski definition) is 14. The Bertz CT molecular complexity index is 3170. The molecule has 6 aromatic rings. The number of nitrogen functional groups attached to an aromatic ring is 1. The van der Waals surface area contributed by atoms with E-state index in [0.717, 1.165) is 67.8 Å². The molecule has 0 aliphatic carbocycles. The highest BCUT2D eigenvalue weighted by Gasteiger charge is 2.42. The number of amidine groups is 2. The predicted octanol–water partition coefficient (Wildman–Crippen LogP) is 8.03. The van der Waals surface area contributed by atoms with Crippen LogP contribution in [0.4, 0.5) is 26.0 Å². The Morgan fingerprint density at radius 3 is 2.15 bits per heavy atom. The molecule has 8 N–H and O–H groups in total. The van der Waals surface area contributed by atoms with Crippen LogP contribution in [0.15, 0.2) is 94.5 Å². The first-order valence-electron chi connectivity index (χ1n) is 24.1. The van der Waals surface area contributed by atoms with Crippen LogP contribution in [0, 0.1) is 40.2 Å². The number of H-pyrrole nitrogens is 1. The van der Waals surface area contributed by atoms with Crippen LogP contribution in [0.3, 0.4) is 0 Å². The Morgan fingerprint density at radius 2 is 1.49 bits per heavy atom. The lowest BCUT2D eigenvalue weighted by molar-refractivity contribution is 0.208. The van der Waals surface area contributed by atoms with Crippen molar-refractivity contribution in [1.82, 2.24) is 30.8 Å². The van der Waals surface area contributed by atoms with Gasteiger partial charge in [-0.25, -0.2) is 18.8 Å². The summed E-state index contributed by atoms with van der Waals surface area (Å²) in [5, 5.41) is 45.5. The largest absolute Gasteiger partial charge is 0.508 e. The Morgan fingerprint density at radius 1 is 0.817 bits per heavy atom. The van der Waals surface area contributed by atoms with Gasteiger partial charge in [0.15, 0.2) is 5.65 Å². The predicted molar refractivity (Wildman–Crippen MR) is 275 cm³/mol. The first-order chi connectivity index (χ1) is 34.5. The summed E-state index contributed by atoms with van der Waals surface area (Å²) in [6.07, 6.45) is 5.58. The van der Waals surface area contributed by atoms with E-state index < -0.39 is 23.5 Å². The van der Waals surface area contributed by atoms with Crippen molar-refractivity contribution in [2.75, 3.05) is 67.9 Å². The maximum absolute atomic E-state index is 15.1. The van der Waals surface area contributed by atoms with Crippen molar-refractivity contribution in [2.45, 2.75) is 51.0 Å². The van der Waals surface area contributed by atoms with Gasteiger partial charge in [-0.05, 0) is 110 Å². The zero-order valence-electron chi connectivity index (χ0n) is 39.2. The summed E-state index contributed by atoms with van der Waals surface area (Å²) in [4.78, 5) is 16.4. The first-order valence-corrected chi connectivity index (χ1v) is 24.4. The molecule has 0 amide bonds. The second kappa shape index (κ2) is 20.0. The number of piperidine rings is 1. The molecule has 0 bridgehead atoms. The van der Waals surface area contributed by atoms with Crippen molar-refractivity contribution in [2.24, 2.45) is 21.7 Å². The van der Waals surface area contributed by atoms with Crippen molar-refractivity contribution in [1.29, 1.82) is 10.5 Å². The number of nitriles is 2. The molecule has 3 saturated heterocycles. The molecule has 2 unspecified atom stereocenters. The Balaban J connectivity index is 0.000000165. The lowest BCUT2D eigenvalue weighted by Crippen LogP contribution is -2.43. The van der Waals surface area contributed by atoms with Crippen molar-refractivity contribution < 1.29 is 13.9 Å². The molecule has 2 aromatic heterocycles. The van der Waals surface area contributed by atoms with E-state index in [0.29, 0.717) is 62.7 Å². The van der Waals surface area contributed by atoms with Gasteiger partial charge >= 0.3 is 0 Å². The summed E-state index contributed by atoms with van der Waals surface area (Å²) < 4.78 is 30.0. The number of nitrogens with two attached hydrogens (primary N) is 2. The highest BCUT2D eigenvalue weighted by molar-refractivity contribution is 6.31. The first kappa shape index (κ1) is 47.1. The van der Waals surface area contributed by atoms with Gasteiger partial charge in [-0.2, -0.15) is 20.7 Å². The molecule has 15 nitrogen and oxygen atoms in total. The molecule has 0 saturated carbocycles. The number of aromatic amines is 1. The van der Waals surface area contributed by atoms with E-state index in [1.54, 1.807) is 0 Å². The molecule has 7 heterocycles. The third-order valence-electron chi connectivity index (χ3n) is 14.4. The summed E-state index contributed by atoms with van der Waals surface area (Å²) in [6, 6.07) is 28.2. The number of nitrogens with one attached hydrogen (secondary N) is 3. The summed E-state index contributed by atoms with van der Waals surface area (Å²) in [7, 11) is 0. The van der Waals surface area contributed by atoms with Gasteiger partial charge in [-0.1, -0.05) is 42.8 Å². The Hall–Kier alpha value is -7.57. The highest BCUT2D eigenvalue weighted by Crippen LogP contribution is 2.44. The molecular formula is C53H53ClF2N14O. The number of fused-ring (bicyclic) bond motifs is 2. The average Bonchev–Trinajstić information content (AvgIpc) is 4.17. The van der Waals surface area contributed by atoms with E-state index in [2.05, 4.69) is 75.0 Å². The second-order valence-electron chi connectivity index (χ2n) is 18.4. The molecule has 3 fully saturated rings. The maximum Gasteiger partial charge on any atom is 0.184 e. The average molecular weight is 976 g/mol. The van der Waals surface area contributed by atoms with Crippen LogP contribution in [-0.4, -0.2) is 95.3 Å². The van der Waals surface area contributed by atoms with Crippen LogP contribution in [0.2, 0.25) is 5.02 Å². The van der Waals surface area contributed by atoms with Gasteiger partial charge in [0.1, 0.15) is 40.9 Å². The fourth-order valence-corrected chi connectivity index (χ4v) is 11.0. The minimum atomic E-state index is -0.649. The summed E-state index contributed by atoms with van der Waals surface area (Å²) in [5.41, 5.74) is 22.0. The van der Waals surface area contributed by atoms with Gasteiger partial charge < -0.3 is 36.6 Å². The normalized spacial score (nSPS) is 19.4. The standard InChI is InChI=1S/C28H30FN7O.C25H23ClFN7/c29-23-15-20(37)7-8-21(23)26-22(16-30)24(25-27(31)33-34-28(25)32-26)17-3-5-18(6-4-17)36-13-9-19(10-14-36)35-11-1-2-12-35;1-2-14-11-20(27)17(12-19(14)26)23-18(13-28)21(22-24(29)32-33-25(22)31-23)15-3-5-16(6-4-15)34-9-7-30-8-10-34/h3-8,15,19,24-25,37H,1-2,9-14H2,(H2,31,33)(H,32,34);3-6,11-12,30H,2,7-10H2,1H3,(H3,29,31,32,33). The highest BCUT2D eigenvalue weighted by atomic mass is 35.5. The lowest BCUT2D eigenvalue weighted by atomic mass is 9.76. The van der Waals surface area contributed by atoms with Crippen LogP contribution in [0.1, 0.15) is 60.8 Å². The third kappa shape index (κ3) is 9.08. The molecule has 18 heteroatoms. The number of piperazine rings is 1. The molecule has 5 aliphatic heterocycles. The number of likely N-dealkylation sites (tertiary alicyclic amines) is 1. The zero-order chi connectivity index (χ0) is 49.3. The molecule has 2 atom stereocenters. The Kier molecular flexibility index (Phi) is 13.3. The number of pyridine rings is 1. The van der Waals surface area contributed by atoms with Crippen molar-refractivity contribution in [3.05, 3.63) is 123 Å². The number of aliphatic imine (C=N–C) groups is 1. The van der Waals surface area contributed by atoms with Gasteiger partial charge in [-0.3, -0.25) is 10.5 Å². The number of aryl methyl sites for hydroxylation is 1. The number of hydrogen-bond donors (Lipinski definition) is 6. The zero-order valence-corrected chi connectivity index (χ0v) is 39.9. The minimum absolute atomic E-state index is 0.148. The maximum atomic E-state index is 15.1. The number of nitrogens with zero attached hydrogens (tertiary/aromatic N) is 9. The van der Waals surface area contributed by atoms with Gasteiger partial charge in [0, 0.05) is 90.4 Å². The van der Waals surface area contributed by atoms with Gasteiger partial charge in [0.2, 0.25) is 0 Å². The SMILES string of the molecule is CCc1cc(F)c(-c2nc3n[nH]c(N)c3c(-c3ccc(N4CCNCC4)cc3)c2C#N)cc1Cl.N#CC1=C(c2ccc(O)cc2F)N=C2NN=C(N)C2C1c1ccc(N2CCC(N3CCCC3)CC2)cc1. The van der Waals surface area contributed by atoms with E-state index in [4.69, 9.17) is 23.1 Å². The van der Waals surface area contributed by atoms with Crippen LogP contribution in [0.5, 0.6) is 5.75 Å². The van der Waals surface area contributed by atoms with Crippen LogP contribution < -0.4 is 32.0 Å². The third-order valence-corrected chi connectivity index (χ3v) is 14.7. The summed E-state index contributed by atoms with van der Waals surface area (Å²) in [5.74, 6) is -1.10. The topological polar surface area (TPSA) is 220 Å². The number of anilines is 3. The van der Waals surface area contributed by atoms with E-state index in [-0.39, 0.29) is 33.8 Å². The number of aromatic hydroxyl groups is 1. The van der Waals surface area contributed by atoms with Crippen molar-refractivity contribution in [3.8, 4) is 40.3 Å². The van der Waals surface area contributed by atoms with Crippen LogP contribution in [-0.2, 0) is 6.42 Å². The fraction of sp³-hybridized carbons (Fsp3) is 0.321. The van der Waals surface area contributed by atoms with Crippen molar-refractivity contribution in [3.63, 3.8) is 0 Å². The molecule has 71 heavy (non-hydrogen) atoms. The van der Waals surface area contributed by atoms with Crippen LogP contribution in [0.25, 0.3) is 39.1 Å². The number of phenolic OH excluding ortho intramolecular Hbond substituents is 1. The van der Waals surface area contributed by atoms with Gasteiger partial charge in [0.25, 0.3) is 0 Å². The fourth-order valence-electron chi connectivity index (χ4n) is 10.7. The van der Waals surface area contributed by atoms with Crippen molar-refractivity contribution >= 4 is 57.2 Å². The number of aromatic nitrogens is 3. The number of rotatable bonds is 8. The van der Waals surface area contributed by atoms with E-state index >= 15 is 4.39 Å². The molecule has 0 radical (unpaired) electrons. The number of allylic oxidation sites excluding steroid dienone is 1. The quantitative estimate of drug-likeness (QED) is 0.0854. The summed E-state index contributed by atoms with van der Waals surface area (Å²) >= 11 is 6.39. The number of halogens is 3. The number of benzene rings is 4.